The van der Waals surface area contributed by atoms with E-state index in [1.54, 1.807) is 24.3 Å². The second kappa shape index (κ2) is 24.0. The lowest BCUT2D eigenvalue weighted by Gasteiger charge is -2.29. The van der Waals surface area contributed by atoms with E-state index in [1.807, 2.05) is 37.4 Å². The third-order valence-electron chi connectivity index (χ3n) is 10.5. The van der Waals surface area contributed by atoms with Crippen LogP contribution >= 0.6 is 23.5 Å². The Kier molecular flexibility index (Phi) is 18.9. The maximum atomic E-state index is 10.4. The average molecular weight is 941 g/mol. The number of benzene rings is 6. The van der Waals surface area contributed by atoms with Crippen LogP contribution in [0.3, 0.4) is 0 Å². The summed E-state index contributed by atoms with van der Waals surface area (Å²) in [6.07, 6.45) is 0. The highest BCUT2D eigenvalue weighted by atomic mass is 32.2. The molecule has 8 rings (SSSR count). The first-order chi connectivity index (χ1) is 30.5. The number of quaternary nitrogens is 2. The van der Waals surface area contributed by atoms with Crippen molar-refractivity contribution in [1.29, 1.82) is 0 Å². The van der Waals surface area contributed by atoms with Crippen molar-refractivity contribution in [2.24, 2.45) is 0 Å². The highest BCUT2D eigenvalue weighted by molar-refractivity contribution is 7.99. The first kappa shape index (κ1) is 50.4. The summed E-state index contributed by atoms with van der Waals surface area (Å²) in [7, 11) is -8.54. The minimum absolute atomic E-state index is 0.178. The van der Waals surface area contributed by atoms with Crippen LogP contribution in [-0.4, -0.2) is 78.3 Å². The summed E-state index contributed by atoms with van der Waals surface area (Å²) >= 11 is 3.78. The summed E-state index contributed by atoms with van der Waals surface area (Å²) in [4.78, 5) is 10.1. The van der Waals surface area contributed by atoms with Gasteiger partial charge >= 0.3 is 0 Å². The van der Waals surface area contributed by atoms with E-state index in [0.29, 0.717) is 0 Å². The molecule has 6 aromatic carbocycles. The van der Waals surface area contributed by atoms with Crippen LogP contribution < -0.4 is 20.4 Å². The van der Waals surface area contributed by atoms with E-state index in [1.165, 1.54) is 104 Å². The normalized spacial score (nSPS) is 13.9. The van der Waals surface area contributed by atoms with Gasteiger partial charge in [0.1, 0.15) is 20.2 Å². The molecule has 2 saturated heterocycles. The van der Waals surface area contributed by atoms with E-state index >= 15 is 0 Å². The molecular formula is C50H60N4O6S4. The van der Waals surface area contributed by atoms with Gasteiger partial charge < -0.3 is 29.5 Å². The van der Waals surface area contributed by atoms with Crippen LogP contribution in [0.4, 0.5) is 11.4 Å². The average Bonchev–Trinajstić information content (AvgIpc) is 3.27. The molecule has 2 aliphatic heterocycles. The molecule has 2 heterocycles. The van der Waals surface area contributed by atoms with Crippen molar-refractivity contribution < 1.29 is 36.6 Å². The van der Waals surface area contributed by atoms with Gasteiger partial charge in [0.05, 0.1) is 73.5 Å². The van der Waals surface area contributed by atoms with E-state index in [4.69, 9.17) is 0 Å². The van der Waals surface area contributed by atoms with Gasteiger partial charge in [0.2, 0.25) is 0 Å². The summed E-state index contributed by atoms with van der Waals surface area (Å²) in [6.45, 7) is 21.7. The molecule has 64 heavy (non-hydrogen) atoms. The first-order valence-corrected chi connectivity index (χ1v) is 25.8. The van der Waals surface area contributed by atoms with E-state index < -0.39 is 20.2 Å². The number of nitrogens with two attached hydrogens (primary N) is 2. The van der Waals surface area contributed by atoms with Crippen LogP contribution in [0, 0.1) is 41.5 Å². The molecule has 4 N–H and O–H groups in total. The van der Waals surface area contributed by atoms with Gasteiger partial charge in [0.15, 0.2) is 0 Å². The number of para-hydroxylation sites is 2. The van der Waals surface area contributed by atoms with Crippen LogP contribution in [0.25, 0.3) is 0 Å². The third kappa shape index (κ3) is 15.8. The van der Waals surface area contributed by atoms with Gasteiger partial charge in [-0.05, 0) is 113 Å². The molecule has 0 aromatic heterocycles. The quantitative estimate of drug-likeness (QED) is 0.147. The molecule has 0 saturated carbocycles. The Morgan fingerprint density at radius 3 is 1.05 bits per heavy atom. The zero-order valence-corrected chi connectivity index (χ0v) is 40.8. The number of rotatable bonds is 8. The van der Waals surface area contributed by atoms with E-state index in [2.05, 4.69) is 133 Å². The standard InChI is InChI=1S/2C18H22N2S.2C7H8O3S/c2*1-14-7-8-17(15(2)13-14)21-18-6-4-3-5-16(18)20-11-9-19-10-12-20;2*1-6-2-4-7(5-3-6)11(8,9)10/h2*3-8,13,19H,9-12H2,1-2H3;2*2-5H,1H3,(H,8,9,10). The lowest BCUT2D eigenvalue weighted by atomic mass is 10.2. The molecule has 2 aliphatic rings. The van der Waals surface area contributed by atoms with Gasteiger partial charge in [-0.15, -0.1) is 0 Å². The number of anilines is 2. The monoisotopic (exact) mass is 940 g/mol. The Bertz CT molecular complexity index is 2460. The Hall–Kier alpha value is -4.64. The molecule has 0 bridgehead atoms. The van der Waals surface area contributed by atoms with Gasteiger partial charge in [-0.2, -0.15) is 0 Å². The van der Waals surface area contributed by atoms with Gasteiger partial charge in [-0.3, -0.25) is 0 Å². The summed E-state index contributed by atoms with van der Waals surface area (Å²) in [5.41, 5.74) is 10.0. The van der Waals surface area contributed by atoms with Gasteiger partial charge in [-0.25, -0.2) is 16.8 Å². The molecule has 0 amide bonds. The molecule has 2 fully saturated rings. The highest BCUT2D eigenvalue weighted by Crippen LogP contribution is 2.38. The molecule has 10 nitrogen and oxygen atoms in total. The number of hydrogen-bond donors (Lipinski definition) is 2. The van der Waals surface area contributed by atoms with Gasteiger partial charge in [0, 0.05) is 19.6 Å². The third-order valence-corrected chi connectivity index (χ3v) is 14.7. The number of aryl methyl sites for hydroxylation is 6. The van der Waals surface area contributed by atoms with Crippen molar-refractivity contribution >= 4 is 55.1 Å². The minimum atomic E-state index is -4.27. The zero-order valence-electron chi connectivity index (χ0n) is 37.5. The Morgan fingerprint density at radius 1 is 0.422 bits per heavy atom. The zero-order chi connectivity index (χ0) is 46.3. The van der Waals surface area contributed by atoms with E-state index in [-0.39, 0.29) is 9.79 Å². The summed E-state index contributed by atoms with van der Waals surface area (Å²) in [5, 5.41) is 4.80. The minimum Gasteiger partial charge on any atom is -0.744 e. The second-order valence-corrected chi connectivity index (χ2v) is 20.8. The maximum absolute atomic E-state index is 10.4. The van der Waals surface area contributed by atoms with Crippen molar-refractivity contribution in [1.82, 2.24) is 0 Å². The van der Waals surface area contributed by atoms with Crippen molar-refractivity contribution in [2.75, 3.05) is 62.2 Å². The van der Waals surface area contributed by atoms with Crippen LogP contribution in [0.1, 0.15) is 33.4 Å². The van der Waals surface area contributed by atoms with E-state index in [0.717, 1.165) is 37.3 Å². The molecule has 14 heteroatoms. The van der Waals surface area contributed by atoms with Crippen LogP contribution in [0.5, 0.6) is 0 Å². The lowest BCUT2D eigenvalue weighted by Crippen LogP contribution is -2.89. The summed E-state index contributed by atoms with van der Waals surface area (Å²) < 4.78 is 62.3. The molecule has 6 aromatic rings. The lowest BCUT2D eigenvalue weighted by molar-refractivity contribution is -0.655. The van der Waals surface area contributed by atoms with Crippen LogP contribution in [0.2, 0.25) is 0 Å². The molecule has 0 aliphatic carbocycles. The smallest absolute Gasteiger partial charge is 0.124 e. The number of piperazine rings is 2. The Balaban J connectivity index is 0.000000168. The summed E-state index contributed by atoms with van der Waals surface area (Å²) in [6, 6.07) is 42.6. The van der Waals surface area contributed by atoms with Crippen LogP contribution in [0.15, 0.2) is 163 Å². The Labute approximate surface area is 389 Å². The van der Waals surface area contributed by atoms with Gasteiger partial charge in [0.25, 0.3) is 0 Å². The van der Waals surface area contributed by atoms with Crippen LogP contribution in [-0.2, 0) is 20.2 Å². The topological polar surface area (TPSA) is 154 Å². The predicted molar refractivity (Wildman–Crippen MR) is 259 cm³/mol. The molecule has 0 radical (unpaired) electrons. The maximum Gasteiger partial charge on any atom is 0.124 e. The second-order valence-electron chi connectivity index (χ2n) is 15.9. The van der Waals surface area contributed by atoms with E-state index in [9.17, 15) is 25.9 Å². The van der Waals surface area contributed by atoms with Gasteiger partial charge in [-0.1, -0.05) is 119 Å². The Morgan fingerprint density at radius 2 is 0.734 bits per heavy atom. The SMILES string of the molecule is Cc1ccc(S(=O)(=O)[O-])cc1.Cc1ccc(S(=O)(=O)[O-])cc1.Cc1ccc(Sc2ccccc2N2CC[NH2+]CC2)c(C)c1.Cc1ccc(Sc2ccccc2N2CC[NH2+]CC2)c(C)c1. The first-order valence-electron chi connectivity index (χ1n) is 21.3. The fraction of sp³-hybridized carbons (Fsp3) is 0.280. The largest absolute Gasteiger partial charge is 0.744 e. The molecule has 340 valence electrons. The highest BCUT2D eigenvalue weighted by Gasteiger charge is 2.18. The number of hydrogen-bond acceptors (Lipinski definition) is 10. The molecule has 0 unspecified atom stereocenters. The predicted octanol–water partition coefficient (Wildman–Crippen LogP) is 7.47. The van der Waals surface area contributed by atoms with Crippen molar-refractivity contribution in [3.63, 3.8) is 0 Å². The molecule has 0 spiro atoms. The number of nitrogens with zero attached hydrogens (tertiary/aromatic N) is 2. The fourth-order valence-corrected chi connectivity index (χ4v) is 10.1. The molecular weight excluding hydrogens is 881 g/mol. The fourth-order valence-electron chi connectivity index (χ4n) is 7.07. The van der Waals surface area contributed by atoms with Crippen molar-refractivity contribution in [2.45, 2.75) is 70.9 Å². The van der Waals surface area contributed by atoms with Crippen molar-refractivity contribution in [3.8, 4) is 0 Å². The van der Waals surface area contributed by atoms with Crippen molar-refractivity contribution in [3.05, 3.63) is 167 Å². The molecule has 0 atom stereocenters. The summed E-state index contributed by atoms with van der Waals surface area (Å²) in [5.74, 6) is 0.